The molecule has 7 aliphatic rings. The molecule has 9 aromatic carbocycles. The first-order chi connectivity index (χ1) is 71.2. The smallest absolute Gasteiger partial charge is 0.410 e. The predicted molar refractivity (Wildman–Crippen MR) is 561 cm³/mol. The molecule has 3 aromatic heterocycles. The van der Waals surface area contributed by atoms with E-state index in [1.54, 1.807) is 27.9 Å². The number of hydrogen-bond acceptors (Lipinski definition) is 16. The van der Waals surface area contributed by atoms with Gasteiger partial charge in [-0.25, -0.2) is 14.4 Å². The zero-order chi connectivity index (χ0) is 103. The summed E-state index contributed by atoms with van der Waals surface area (Å²) in [5, 5.41) is 21.8. The number of hydrogen-bond donors (Lipinski definition) is 9. The summed E-state index contributed by atoms with van der Waals surface area (Å²) in [6, 6.07) is 70.8. The van der Waals surface area contributed by atoms with Gasteiger partial charge in [0.15, 0.2) is 17.3 Å². The number of para-hydroxylation sites is 3. The summed E-state index contributed by atoms with van der Waals surface area (Å²) >= 11 is 0. The van der Waals surface area contributed by atoms with Crippen LogP contribution in [-0.2, 0) is 120 Å². The lowest BCUT2D eigenvalue weighted by Crippen LogP contribution is -2.53. The highest BCUT2D eigenvalue weighted by atomic mass is 16.6. The lowest BCUT2D eigenvalue weighted by molar-refractivity contribution is -0.136. The van der Waals surface area contributed by atoms with Gasteiger partial charge >= 0.3 is 18.3 Å². The van der Waals surface area contributed by atoms with Crippen molar-refractivity contribution in [2.24, 2.45) is 29.6 Å². The number of amides is 9. The molecule has 766 valence electrons. The second-order valence-electron chi connectivity index (χ2n) is 40.6. The topological polar surface area (TPSA) is 371 Å². The fourth-order valence-electron chi connectivity index (χ4n) is 22.8. The molecule has 0 radical (unpaired) electrons. The number of fused-ring (bicyclic) bond motifs is 14. The molecule has 19 rings (SSSR count). The highest BCUT2D eigenvalue weighted by Crippen LogP contribution is 2.52. The number of nitrogens with one attached hydrogen (secondary N) is 9. The van der Waals surface area contributed by atoms with Crippen LogP contribution in [0.1, 0.15) is 219 Å². The Bertz CT molecular complexity index is 6490. The summed E-state index contributed by atoms with van der Waals surface area (Å²) in [6.45, 7) is 7.01. The molecule has 28 heteroatoms. The Hall–Kier alpha value is -14.8. The van der Waals surface area contributed by atoms with Crippen molar-refractivity contribution in [1.29, 1.82) is 0 Å². The molecule has 0 aliphatic heterocycles. The van der Waals surface area contributed by atoms with Crippen LogP contribution in [0.4, 0.5) is 14.4 Å². The Morgan fingerprint density at radius 1 is 0.388 bits per heavy atom. The number of aryl methyl sites for hydroxylation is 3. The highest BCUT2D eigenvalue weighted by molar-refractivity contribution is 6.02. The molecule has 0 bridgehead atoms. The molecule has 28 nitrogen and oxygen atoms in total. The molecule has 9 N–H and O–H groups in total. The van der Waals surface area contributed by atoms with Gasteiger partial charge in [0.25, 0.3) is 0 Å². The molecule has 147 heavy (non-hydrogen) atoms. The van der Waals surface area contributed by atoms with Crippen molar-refractivity contribution in [3.05, 3.63) is 321 Å². The molecule has 0 saturated heterocycles. The number of ether oxygens (including phenoxy) is 4. The summed E-state index contributed by atoms with van der Waals surface area (Å²) in [5.41, 5.74) is 17.4. The Balaban J connectivity index is 0.000000151. The van der Waals surface area contributed by atoms with Gasteiger partial charge in [-0.1, -0.05) is 218 Å². The van der Waals surface area contributed by atoms with Gasteiger partial charge in [0.05, 0.1) is 42.4 Å². The summed E-state index contributed by atoms with van der Waals surface area (Å²) in [7, 11) is 6.16. The van der Waals surface area contributed by atoms with Crippen molar-refractivity contribution in [1.82, 2.24) is 61.6 Å². The Kier molecular flexibility index (Phi) is 33.5. The normalized spacial score (nSPS) is 21.1. The van der Waals surface area contributed by atoms with E-state index in [2.05, 4.69) is 83.3 Å². The fourth-order valence-corrected chi connectivity index (χ4v) is 22.8. The van der Waals surface area contributed by atoms with Gasteiger partial charge in [-0.05, 0) is 209 Å². The first kappa shape index (κ1) is 104. The number of ketones is 3. The third-order valence-electron chi connectivity index (χ3n) is 31.6. The van der Waals surface area contributed by atoms with Crippen LogP contribution in [0.15, 0.2) is 243 Å². The summed E-state index contributed by atoms with van der Waals surface area (Å²) in [6.07, 6.45) is 12.7. The molecule has 2 fully saturated rings. The summed E-state index contributed by atoms with van der Waals surface area (Å²) < 4.78 is 21.8. The molecule has 17 atom stereocenters. The van der Waals surface area contributed by atoms with Gasteiger partial charge in [0, 0.05) is 146 Å². The average molecular weight is 1990 g/mol. The summed E-state index contributed by atoms with van der Waals surface area (Å²) in [4.78, 5) is 179. The zero-order valence-corrected chi connectivity index (χ0v) is 84.8. The minimum absolute atomic E-state index is 0.0622. The van der Waals surface area contributed by atoms with Gasteiger partial charge in [0.1, 0.15) is 37.9 Å². The van der Waals surface area contributed by atoms with E-state index >= 15 is 0 Å². The third-order valence-corrected chi connectivity index (χ3v) is 31.6. The molecule has 5 unspecified atom stereocenters. The first-order valence-electron chi connectivity index (χ1n) is 52.0. The largest absolute Gasteiger partial charge is 0.445 e. The van der Waals surface area contributed by atoms with Crippen LogP contribution in [0.2, 0.25) is 0 Å². The number of likely N-dealkylation sites (N-methyl/N-ethyl adjacent to an activating group) is 3. The van der Waals surface area contributed by atoms with Crippen molar-refractivity contribution in [2.75, 3.05) is 28.3 Å². The molecule has 2 saturated carbocycles. The molecular weight excluding hydrogens is 1850 g/mol. The second kappa shape index (κ2) is 47.6. The van der Waals surface area contributed by atoms with Crippen LogP contribution in [-0.4, -0.2) is 171 Å². The Morgan fingerprint density at radius 3 is 1.16 bits per heavy atom. The van der Waals surface area contributed by atoms with Crippen LogP contribution in [0, 0.1) is 29.6 Å². The zero-order valence-electron chi connectivity index (χ0n) is 84.8. The van der Waals surface area contributed by atoms with Crippen molar-refractivity contribution >= 4 is 104 Å². The predicted octanol–water partition coefficient (Wildman–Crippen LogP) is 17.9. The van der Waals surface area contributed by atoms with Crippen LogP contribution < -0.4 is 31.9 Å². The monoisotopic (exact) mass is 1990 g/mol. The van der Waals surface area contributed by atoms with E-state index in [1.807, 2.05) is 213 Å². The van der Waals surface area contributed by atoms with E-state index in [1.165, 1.54) is 52.5 Å². The standard InChI is InChI=1S/C41H50N4O6.2C39H42N4O5/c1-27(50-4)21-22-31(40(48)43-36-20-12-16-30-15-8-9-17-33(30)36)24-38(46)37(23-32-25-42-35-19-11-10-18-34(32)35)44-39(47)28(2)45(3)41(49)51-26-29-13-6-5-7-14-29;2*1-23(43(2)39(47)48-22-24-11-4-3-5-12-24)37(45)42-33-21-30-27-16-8-9-17-32(27)40-35(30)28-19-20-29(34(28)36(33)44)38(46)41-31-18-10-14-25-13-6-7-15-26(25)31/h5-11,13-15,17-19,25,27-28,31,36-37,42H,12,16,20-24,26H2,1-4H3,(H,43,48)(H,44,47);2*3-9,11-13,15-17,23,28-29,31,33-34,40H,10,14,18-22H2,1-2H3,(H,41,46)(H,42,45)/t27?,28-,31?,36?,37-;23-,28-,29+,31+,33-,34?;23-,28-,29-,31+,33-,34?/m000/s1. The van der Waals surface area contributed by atoms with E-state index in [0.29, 0.717) is 51.4 Å². The number of aromatic amines is 3. The Morgan fingerprint density at radius 2 is 0.748 bits per heavy atom. The second-order valence-corrected chi connectivity index (χ2v) is 40.6. The van der Waals surface area contributed by atoms with Crippen LogP contribution >= 0.6 is 0 Å². The molecular formula is C119H134N12O16. The quantitative estimate of drug-likeness (QED) is 0.0189. The maximum absolute atomic E-state index is 14.5. The fraction of sp³-hybridized carbons (Fsp3) is 0.395. The number of nitrogens with zero attached hydrogens (tertiary/aromatic N) is 3. The molecule has 0 spiro atoms. The third kappa shape index (κ3) is 24.0. The van der Waals surface area contributed by atoms with Crippen molar-refractivity contribution in [3.8, 4) is 0 Å². The molecule has 12 aromatic rings. The SMILES string of the molecule is COC(C)CCC(CC(=O)[C@H](Cc1c[nH]c2ccccc12)NC(=O)[C@H](C)N(C)C(=O)OCc1ccccc1)C(=O)NC1CCCc2ccccc21.C[C@@H](C(=O)N[C@H]1Cc2c([nH]c3ccccc23)[C@H]2CC[C@@H](C(=O)N[C@@H]3CCCc4ccccc43)C2C1=O)N(C)C(=O)OCc1ccccc1.C[C@@H](C(=O)N[C@H]1Cc2c([nH]c3ccccc23)[C@H]2CC[C@H](C(=O)N[C@@H]3CCCc4ccccc43)C2C1=O)N(C)C(=O)OCc1ccccc1. The summed E-state index contributed by atoms with van der Waals surface area (Å²) in [5.74, 6) is -5.47. The number of H-pyrrole nitrogens is 3. The van der Waals surface area contributed by atoms with Gasteiger partial charge in [-0.3, -0.25) is 57.9 Å². The van der Waals surface area contributed by atoms with Crippen LogP contribution in [0.25, 0.3) is 32.7 Å². The van der Waals surface area contributed by atoms with E-state index in [0.717, 1.165) is 152 Å². The van der Waals surface area contributed by atoms with Gasteiger partial charge in [-0.2, -0.15) is 0 Å². The number of methoxy groups -OCH3 is 1. The van der Waals surface area contributed by atoms with E-state index in [9.17, 15) is 57.5 Å². The maximum Gasteiger partial charge on any atom is 0.410 e. The van der Waals surface area contributed by atoms with Crippen LogP contribution in [0.3, 0.4) is 0 Å². The van der Waals surface area contributed by atoms with Gasteiger partial charge < -0.3 is 65.8 Å². The number of carbonyl (C=O) groups excluding carboxylic acids is 12. The number of benzene rings is 9. The van der Waals surface area contributed by atoms with Crippen molar-refractivity contribution in [2.45, 2.75) is 242 Å². The Labute approximate surface area is 857 Å². The number of rotatable bonds is 30. The first-order valence-corrected chi connectivity index (χ1v) is 52.0. The number of carbonyl (C=O) groups is 12. The van der Waals surface area contributed by atoms with E-state index in [4.69, 9.17) is 18.9 Å². The number of aromatic nitrogens is 3. The minimum Gasteiger partial charge on any atom is -0.445 e. The minimum atomic E-state index is -0.946. The lowest BCUT2D eigenvalue weighted by atomic mass is 9.82. The van der Waals surface area contributed by atoms with E-state index in [-0.39, 0.29) is 104 Å². The van der Waals surface area contributed by atoms with Crippen molar-refractivity contribution in [3.63, 3.8) is 0 Å². The van der Waals surface area contributed by atoms with Crippen LogP contribution in [0.5, 0.6) is 0 Å². The van der Waals surface area contributed by atoms with E-state index < -0.39 is 102 Å². The van der Waals surface area contributed by atoms with Gasteiger partial charge in [-0.15, -0.1) is 0 Å². The highest BCUT2D eigenvalue weighted by Gasteiger charge is 2.54. The average Bonchev–Trinajstić information content (AvgIpc) is 1.59. The van der Waals surface area contributed by atoms with Crippen molar-refractivity contribution < 1.29 is 76.5 Å². The molecule has 7 aliphatic carbocycles. The maximum atomic E-state index is 14.5. The molecule has 9 amide bonds. The lowest BCUT2D eigenvalue weighted by Gasteiger charge is -2.30. The number of Topliss-reactive ketones (excluding diaryl/α,β-unsaturated/α-hetero) is 3. The molecule has 3 heterocycles. The van der Waals surface area contributed by atoms with Gasteiger partial charge in [0.2, 0.25) is 35.4 Å².